The molecule has 0 atom stereocenters. The fraction of sp³-hybridized carbons (Fsp3) is 0.125. The molecule has 1 aromatic rings. The van der Waals surface area contributed by atoms with Gasteiger partial charge < -0.3 is 11.5 Å². The van der Waals surface area contributed by atoms with Gasteiger partial charge in [0.05, 0.1) is 23.3 Å². The van der Waals surface area contributed by atoms with Gasteiger partial charge >= 0.3 is 0 Å². The molecule has 0 fully saturated rings. The van der Waals surface area contributed by atoms with Crippen molar-refractivity contribution in [3.63, 3.8) is 0 Å². The van der Waals surface area contributed by atoms with Crippen LogP contribution in [0.3, 0.4) is 0 Å². The number of nitrogen functional groups attached to an aromatic ring is 1. The second-order valence-corrected chi connectivity index (χ2v) is 2.62. The minimum absolute atomic E-state index is 0.571. The van der Waals surface area contributed by atoms with E-state index in [0.717, 1.165) is 11.4 Å². The lowest BCUT2D eigenvalue weighted by Gasteiger charge is -2.15. The predicted octanol–water partition coefficient (Wildman–Crippen LogP) is 0.0822. The molecular weight excluding hydrogens is 166 g/mol. The third-order valence-electron chi connectivity index (χ3n) is 1.61. The van der Waals surface area contributed by atoms with E-state index in [4.69, 9.17) is 17.3 Å². The van der Waals surface area contributed by atoms with Gasteiger partial charge in [0.1, 0.15) is 0 Å². The van der Waals surface area contributed by atoms with Crippen molar-refractivity contribution < 1.29 is 0 Å². The molecule has 1 rings (SSSR count). The van der Waals surface area contributed by atoms with Gasteiger partial charge in [-0.3, -0.25) is 9.99 Å². The van der Waals surface area contributed by atoms with Crippen LogP contribution in [0.4, 0.5) is 11.4 Å². The maximum atomic E-state index is 5.65. The molecule has 0 aliphatic carbocycles. The van der Waals surface area contributed by atoms with Gasteiger partial charge in [-0.05, 0) is 13.0 Å². The van der Waals surface area contributed by atoms with Crippen LogP contribution in [0.2, 0.25) is 0 Å². The maximum Gasteiger partial charge on any atom is 0.0801 e. The molecule has 1 aromatic heterocycles. The molecule has 1 heterocycles. The second-order valence-electron chi connectivity index (χ2n) is 2.62. The van der Waals surface area contributed by atoms with E-state index in [2.05, 4.69) is 4.98 Å². The number of hydrogen-bond donors (Lipinski definition) is 3. The molecular formula is C8H13N5. The number of anilines is 2. The van der Waals surface area contributed by atoms with Crippen LogP contribution in [0, 0.1) is 6.92 Å². The van der Waals surface area contributed by atoms with E-state index in [1.54, 1.807) is 12.3 Å². The zero-order valence-corrected chi connectivity index (χ0v) is 7.44. The summed E-state index contributed by atoms with van der Waals surface area (Å²) in [4.78, 5) is 4.06. The molecule has 0 saturated heterocycles. The number of nitrogens with zero attached hydrogens (tertiary/aromatic N) is 2. The number of hydrogen-bond acceptors (Lipinski definition) is 5. The molecule has 5 heteroatoms. The molecule has 0 bridgehead atoms. The van der Waals surface area contributed by atoms with E-state index in [1.165, 1.54) is 17.4 Å². The normalized spacial score (nSPS) is 10.6. The summed E-state index contributed by atoms with van der Waals surface area (Å²) in [5.41, 5.74) is 12.9. The SMILES string of the molecule is Cc1ncc(N)cc1N(N)/C=C\N. The Morgan fingerprint density at radius 1 is 1.54 bits per heavy atom. The first kappa shape index (κ1) is 9.34. The Bertz CT molecular complexity index is 320. The topological polar surface area (TPSA) is 94.2 Å². The minimum atomic E-state index is 0.571. The Labute approximate surface area is 76.8 Å². The smallest absolute Gasteiger partial charge is 0.0801 e. The highest BCUT2D eigenvalue weighted by Crippen LogP contribution is 2.17. The van der Waals surface area contributed by atoms with E-state index >= 15 is 0 Å². The summed E-state index contributed by atoms with van der Waals surface area (Å²) in [7, 11) is 0. The van der Waals surface area contributed by atoms with Crippen molar-refractivity contribution in [1.29, 1.82) is 0 Å². The van der Waals surface area contributed by atoms with Crippen LogP contribution in [0.25, 0.3) is 0 Å². The van der Waals surface area contributed by atoms with Crippen LogP contribution in [0.1, 0.15) is 5.69 Å². The molecule has 0 aliphatic rings. The minimum Gasteiger partial charge on any atom is -0.403 e. The van der Waals surface area contributed by atoms with Crippen molar-refractivity contribution >= 4 is 11.4 Å². The van der Waals surface area contributed by atoms with Gasteiger partial charge in [0.15, 0.2) is 0 Å². The summed E-state index contributed by atoms with van der Waals surface area (Å²) in [6, 6.07) is 1.74. The molecule has 0 saturated carbocycles. The maximum absolute atomic E-state index is 5.65. The van der Waals surface area contributed by atoms with Crippen molar-refractivity contribution in [3.05, 3.63) is 30.4 Å². The zero-order valence-electron chi connectivity index (χ0n) is 7.44. The van der Waals surface area contributed by atoms with Gasteiger partial charge in [-0.15, -0.1) is 0 Å². The molecule has 6 N–H and O–H groups in total. The van der Waals surface area contributed by atoms with Crippen LogP contribution >= 0.6 is 0 Å². The predicted molar refractivity (Wildman–Crippen MR) is 53.4 cm³/mol. The highest BCUT2D eigenvalue weighted by Gasteiger charge is 2.03. The number of nitrogens with two attached hydrogens (primary N) is 3. The van der Waals surface area contributed by atoms with Crippen molar-refractivity contribution in [1.82, 2.24) is 4.98 Å². The first-order chi connectivity index (χ1) is 6.15. The standard InChI is InChI=1S/C8H13N5/c1-6-8(13(11)3-2-9)4-7(10)5-12-6/h2-5H,9-11H2,1H3/b3-2-. The summed E-state index contributed by atoms with van der Waals surface area (Å²) in [6.07, 6.45) is 4.46. The first-order valence-electron chi connectivity index (χ1n) is 3.79. The highest BCUT2D eigenvalue weighted by molar-refractivity contribution is 5.58. The number of aromatic nitrogens is 1. The zero-order chi connectivity index (χ0) is 9.84. The number of rotatable bonds is 2. The van der Waals surface area contributed by atoms with Crippen molar-refractivity contribution in [2.45, 2.75) is 6.92 Å². The van der Waals surface area contributed by atoms with Crippen LogP contribution in [0.15, 0.2) is 24.7 Å². The highest BCUT2D eigenvalue weighted by atomic mass is 15.4. The monoisotopic (exact) mass is 179 g/mol. The van der Waals surface area contributed by atoms with E-state index in [1.807, 2.05) is 6.92 Å². The number of pyridine rings is 1. The van der Waals surface area contributed by atoms with Gasteiger partial charge in [0.2, 0.25) is 0 Å². The van der Waals surface area contributed by atoms with Crippen LogP contribution < -0.4 is 22.3 Å². The Hall–Kier alpha value is -1.75. The lowest BCUT2D eigenvalue weighted by molar-refractivity contribution is 1.03. The number of aryl methyl sites for hydroxylation is 1. The summed E-state index contributed by atoms with van der Waals surface area (Å²) >= 11 is 0. The first-order valence-corrected chi connectivity index (χ1v) is 3.79. The van der Waals surface area contributed by atoms with E-state index in [0.29, 0.717) is 5.69 Å². The summed E-state index contributed by atoms with van der Waals surface area (Å²) in [5.74, 6) is 5.65. The molecule has 0 unspecified atom stereocenters. The van der Waals surface area contributed by atoms with Crippen molar-refractivity contribution in [3.8, 4) is 0 Å². The van der Waals surface area contributed by atoms with Gasteiger partial charge in [-0.1, -0.05) is 0 Å². The van der Waals surface area contributed by atoms with Crippen molar-refractivity contribution in [2.75, 3.05) is 10.7 Å². The van der Waals surface area contributed by atoms with Gasteiger partial charge in [-0.2, -0.15) is 0 Å². The second kappa shape index (κ2) is 3.77. The molecule has 0 aliphatic heterocycles. The average molecular weight is 179 g/mol. The Morgan fingerprint density at radius 2 is 2.23 bits per heavy atom. The van der Waals surface area contributed by atoms with Crippen LogP contribution in [0.5, 0.6) is 0 Å². The third kappa shape index (κ3) is 2.09. The van der Waals surface area contributed by atoms with Gasteiger partial charge in [0, 0.05) is 12.4 Å². The molecule has 0 amide bonds. The Morgan fingerprint density at radius 3 is 2.85 bits per heavy atom. The van der Waals surface area contributed by atoms with E-state index in [-0.39, 0.29) is 0 Å². The number of hydrazine groups is 1. The molecule has 13 heavy (non-hydrogen) atoms. The van der Waals surface area contributed by atoms with Crippen LogP contribution in [-0.2, 0) is 0 Å². The summed E-state index contributed by atoms with van der Waals surface area (Å²) in [6.45, 7) is 1.85. The summed E-state index contributed by atoms with van der Waals surface area (Å²) < 4.78 is 0. The lowest BCUT2D eigenvalue weighted by atomic mass is 10.3. The third-order valence-corrected chi connectivity index (χ3v) is 1.61. The van der Waals surface area contributed by atoms with Crippen LogP contribution in [-0.4, -0.2) is 4.98 Å². The van der Waals surface area contributed by atoms with Gasteiger partial charge in [0.25, 0.3) is 0 Å². The molecule has 0 radical (unpaired) electrons. The Balaban J connectivity index is 3.05. The molecule has 0 aromatic carbocycles. The lowest BCUT2D eigenvalue weighted by Crippen LogP contribution is -2.25. The molecule has 0 spiro atoms. The fourth-order valence-electron chi connectivity index (χ4n) is 0.971. The van der Waals surface area contributed by atoms with E-state index in [9.17, 15) is 0 Å². The van der Waals surface area contributed by atoms with Crippen molar-refractivity contribution in [2.24, 2.45) is 11.6 Å². The fourth-order valence-corrected chi connectivity index (χ4v) is 0.971. The molecule has 70 valence electrons. The largest absolute Gasteiger partial charge is 0.403 e. The molecule has 5 nitrogen and oxygen atoms in total. The summed E-state index contributed by atoms with van der Waals surface area (Å²) in [5, 5.41) is 1.37. The Kier molecular flexibility index (Phi) is 2.71. The quantitative estimate of drug-likeness (QED) is 0.441. The van der Waals surface area contributed by atoms with E-state index < -0.39 is 0 Å². The van der Waals surface area contributed by atoms with Gasteiger partial charge in [-0.25, -0.2) is 5.84 Å². The average Bonchev–Trinajstić information content (AvgIpc) is 2.09.